The number of benzene rings is 1. The first-order chi connectivity index (χ1) is 11.1. The Morgan fingerprint density at radius 1 is 1.13 bits per heavy atom. The Kier molecular flexibility index (Phi) is 4.38. The minimum atomic E-state index is -1.20. The summed E-state index contributed by atoms with van der Waals surface area (Å²) in [4.78, 5) is 21.4. The number of rotatable bonds is 4. The van der Waals surface area contributed by atoms with Gasteiger partial charge in [0, 0.05) is 12.4 Å². The van der Waals surface area contributed by atoms with Crippen LogP contribution in [0.25, 0.3) is 11.2 Å². The van der Waals surface area contributed by atoms with Crippen LogP contribution in [-0.2, 0) is 0 Å². The van der Waals surface area contributed by atoms with E-state index in [0.29, 0.717) is 17.0 Å². The standard InChI is InChI=1S/C16H17N5OSi/c1-11-4-5-12(14(8-11)22-23(2)3)19-10-15-20-9-13-16(21-15)18-7-6-17-13/h4-10,23H,1-3H3. The Labute approximate surface area is 136 Å². The molecule has 23 heavy (non-hydrogen) atoms. The quantitative estimate of drug-likeness (QED) is 0.545. The largest absolute Gasteiger partial charge is 0.546 e. The first-order valence-electron chi connectivity index (χ1n) is 7.37. The van der Waals surface area contributed by atoms with Gasteiger partial charge in [0.05, 0.1) is 12.4 Å². The van der Waals surface area contributed by atoms with Crippen molar-refractivity contribution in [2.75, 3.05) is 0 Å². The maximum atomic E-state index is 5.95. The summed E-state index contributed by atoms with van der Waals surface area (Å²) in [7, 11) is -1.20. The minimum Gasteiger partial charge on any atom is -0.546 e. The third-order valence-electron chi connectivity index (χ3n) is 3.04. The number of aliphatic imine (C=N–C) groups is 1. The summed E-state index contributed by atoms with van der Waals surface area (Å²) < 4.78 is 5.95. The number of hydrogen-bond donors (Lipinski definition) is 0. The molecule has 3 aromatic rings. The summed E-state index contributed by atoms with van der Waals surface area (Å²) in [6.07, 6.45) is 6.48. The lowest BCUT2D eigenvalue weighted by Crippen LogP contribution is -2.11. The predicted molar refractivity (Wildman–Crippen MR) is 93.1 cm³/mol. The first-order valence-corrected chi connectivity index (χ1v) is 10.1. The van der Waals surface area contributed by atoms with Crippen molar-refractivity contribution >= 4 is 32.1 Å². The van der Waals surface area contributed by atoms with Gasteiger partial charge in [0.25, 0.3) is 0 Å². The van der Waals surface area contributed by atoms with Crippen LogP contribution < -0.4 is 4.43 Å². The number of aromatic nitrogens is 4. The molecule has 3 rings (SSSR count). The van der Waals surface area contributed by atoms with Crippen molar-refractivity contribution in [3.8, 4) is 5.75 Å². The van der Waals surface area contributed by atoms with Crippen LogP contribution in [0.5, 0.6) is 5.75 Å². The second kappa shape index (κ2) is 6.61. The van der Waals surface area contributed by atoms with Gasteiger partial charge in [0.15, 0.2) is 11.5 Å². The zero-order valence-electron chi connectivity index (χ0n) is 13.3. The van der Waals surface area contributed by atoms with Crippen LogP contribution in [-0.4, -0.2) is 35.2 Å². The highest BCUT2D eigenvalue weighted by atomic mass is 28.3. The zero-order valence-corrected chi connectivity index (χ0v) is 14.4. The first kappa shape index (κ1) is 15.2. The molecule has 116 valence electrons. The van der Waals surface area contributed by atoms with E-state index in [9.17, 15) is 0 Å². The highest BCUT2D eigenvalue weighted by Gasteiger charge is 2.06. The summed E-state index contributed by atoms with van der Waals surface area (Å²) in [5.41, 5.74) is 3.14. The highest BCUT2D eigenvalue weighted by molar-refractivity contribution is 6.49. The van der Waals surface area contributed by atoms with Gasteiger partial charge in [0.1, 0.15) is 17.0 Å². The Bertz CT molecular complexity index is 866. The Morgan fingerprint density at radius 2 is 1.96 bits per heavy atom. The van der Waals surface area contributed by atoms with Crippen molar-refractivity contribution in [1.82, 2.24) is 19.9 Å². The van der Waals surface area contributed by atoms with Crippen LogP contribution in [0.3, 0.4) is 0 Å². The van der Waals surface area contributed by atoms with Crippen LogP contribution >= 0.6 is 0 Å². The zero-order chi connectivity index (χ0) is 16.2. The van der Waals surface area contributed by atoms with Crippen molar-refractivity contribution in [2.24, 2.45) is 4.99 Å². The van der Waals surface area contributed by atoms with Gasteiger partial charge >= 0.3 is 0 Å². The van der Waals surface area contributed by atoms with E-state index in [1.807, 2.05) is 25.1 Å². The molecule has 6 nitrogen and oxygen atoms in total. The van der Waals surface area contributed by atoms with Crippen LogP contribution in [0.4, 0.5) is 5.69 Å². The summed E-state index contributed by atoms with van der Waals surface area (Å²) in [6.45, 7) is 6.29. The summed E-state index contributed by atoms with van der Waals surface area (Å²) in [5.74, 6) is 1.30. The monoisotopic (exact) mass is 323 g/mol. The molecule has 0 aliphatic carbocycles. The average molecular weight is 323 g/mol. The van der Waals surface area contributed by atoms with Gasteiger partial charge < -0.3 is 4.43 Å². The molecule has 0 N–H and O–H groups in total. The topological polar surface area (TPSA) is 73.2 Å². The molecule has 0 aliphatic heterocycles. The smallest absolute Gasteiger partial charge is 0.229 e. The molecule has 0 saturated carbocycles. The molecule has 0 radical (unpaired) electrons. The van der Waals surface area contributed by atoms with Crippen LogP contribution in [0.1, 0.15) is 11.4 Å². The predicted octanol–water partition coefficient (Wildman–Crippen LogP) is 2.84. The third kappa shape index (κ3) is 3.75. The van der Waals surface area contributed by atoms with Crippen LogP contribution in [0, 0.1) is 6.92 Å². The van der Waals surface area contributed by atoms with E-state index in [1.165, 1.54) is 0 Å². The van der Waals surface area contributed by atoms with E-state index in [4.69, 9.17) is 4.43 Å². The Hall–Kier alpha value is -2.67. The number of aryl methyl sites for hydroxylation is 1. The van der Waals surface area contributed by atoms with Gasteiger partial charge in [-0.25, -0.2) is 24.9 Å². The fraction of sp³-hybridized carbons (Fsp3) is 0.188. The summed E-state index contributed by atoms with van der Waals surface area (Å²) in [5, 5.41) is 0. The molecule has 0 unspecified atom stereocenters. The maximum Gasteiger partial charge on any atom is 0.229 e. The van der Waals surface area contributed by atoms with Gasteiger partial charge in [-0.1, -0.05) is 6.07 Å². The fourth-order valence-electron chi connectivity index (χ4n) is 2.05. The second-order valence-electron chi connectivity index (χ2n) is 5.39. The van der Waals surface area contributed by atoms with Crippen molar-refractivity contribution in [1.29, 1.82) is 0 Å². The molecule has 0 bridgehead atoms. The molecular weight excluding hydrogens is 306 g/mol. The summed E-state index contributed by atoms with van der Waals surface area (Å²) >= 11 is 0. The molecule has 0 spiro atoms. The molecule has 2 aromatic heterocycles. The van der Waals surface area contributed by atoms with Crippen molar-refractivity contribution in [3.63, 3.8) is 0 Å². The van der Waals surface area contributed by atoms with E-state index in [0.717, 1.165) is 17.0 Å². The minimum absolute atomic E-state index is 0.492. The molecule has 0 fully saturated rings. The number of nitrogens with zero attached hydrogens (tertiary/aromatic N) is 5. The van der Waals surface area contributed by atoms with Crippen LogP contribution in [0.15, 0.2) is 41.8 Å². The second-order valence-corrected chi connectivity index (χ2v) is 7.72. The summed E-state index contributed by atoms with van der Waals surface area (Å²) in [6, 6.07) is 5.96. The average Bonchev–Trinajstić information content (AvgIpc) is 2.53. The van der Waals surface area contributed by atoms with Crippen LogP contribution in [0.2, 0.25) is 13.1 Å². The van der Waals surface area contributed by atoms with Crippen molar-refractivity contribution < 1.29 is 4.43 Å². The highest BCUT2D eigenvalue weighted by Crippen LogP contribution is 2.29. The van der Waals surface area contributed by atoms with E-state index < -0.39 is 9.04 Å². The molecule has 0 aliphatic rings. The molecule has 0 amide bonds. The number of hydrogen-bond acceptors (Lipinski definition) is 6. The number of fused-ring (bicyclic) bond motifs is 1. The molecule has 0 atom stereocenters. The molecule has 7 heteroatoms. The lowest BCUT2D eigenvalue weighted by molar-refractivity contribution is 0.581. The molecule has 0 saturated heterocycles. The molecule has 1 aromatic carbocycles. The fourth-order valence-corrected chi connectivity index (χ4v) is 2.75. The van der Waals surface area contributed by atoms with Crippen molar-refractivity contribution in [3.05, 3.63) is 48.2 Å². The lowest BCUT2D eigenvalue weighted by Gasteiger charge is -2.12. The van der Waals surface area contributed by atoms with Gasteiger partial charge in [-0.05, 0) is 37.7 Å². The normalized spacial score (nSPS) is 11.5. The molecule has 2 heterocycles. The van der Waals surface area contributed by atoms with E-state index >= 15 is 0 Å². The van der Waals surface area contributed by atoms with Gasteiger partial charge in [-0.15, -0.1) is 0 Å². The van der Waals surface area contributed by atoms with E-state index in [-0.39, 0.29) is 0 Å². The Balaban J connectivity index is 1.91. The van der Waals surface area contributed by atoms with Gasteiger partial charge in [-0.2, -0.15) is 0 Å². The third-order valence-corrected chi connectivity index (χ3v) is 3.77. The van der Waals surface area contributed by atoms with Gasteiger partial charge in [-0.3, -0.25) is 0 Å². The molecular formula is C16H17N5OSi. The van der Waals surface area contributed by atoms with E-state index in [1.54, 1.807) is 24.8 Å². The maximum absolute atomic E-state index is 5.95. The van der Waals surface area contributed by atoms with Gasteiger partial charge in [0.2, 0.25) is 9.04 Å². The van der Waals surface area contributed by atoms with Crippen molar-refractivity contribution in [2.45, 2.75) is 20.0 Å². The SMILES string of the molecule is Cc1ccc(N=Cc2ncc3nccnc3n2)c(O[SiH](C)C)c1. The Morgan fingerprint density at radius 3 is 2.78 bits per heavy atom. The lowest BCUT2D eigenvalue weighted by atomic mass is 10.2. The van der Waals surface area contributed by atoms with E-state index in [2.05, 4.69) is 38.0 Å².